The summed E-state index contributed by atoms with van der Waals surface area (Å²) in [6.45, 7) is 6.10. The lowest BCUT2D eigenvalue weighted by Gasteiger charge is -2.18. The zero-order chi connectivity index (χ0) is 20.1. The number of carbonyl (C=O) groups is 3. The van der Waals surface area contributed by atoms with Gasteiger partial charge in [0.1, 0.15) is 6.04 Å². The van der Waals surface area contributed by atoms with Crippen LogP contribution in [-0.2, 0) is 14.3 Å². The number of ether oxygens (including phenoxy) is 3. The van der Waals surface area contributed by atoms with Crippen LogP contribution in [-0.4, -0.2) is 48.4 Å². The third kappa shape index (κ3) is 4.65. The maximum Gasteiger partial charge on any atom is 0.328 e. The number of methoxy groups -OCH3 is 1. The van der Waals surface area contributed by atoms with E-state index in [4.69, 9.17) is 9.47 Å². The Labute approximate surface area is 170 Å². The predicted molar refractivity (Wildman–Crippen MR) is 106 cm³/mol. The molecule has 1 atom stereocenters. The molecule has 0 radical (unpaired) electrons. The van der Waals surface area contributed by atoms with Crippen LogP contribution in [0, 0.1) is 0 Å². The first-order valence-corrected chi connectivity index (χ1v) is 9.88. The Morgan fingerprint density at radius 1 is 1.26 bits per heavy atom. The summed E-state index contributed by atoms with van der Waals surface area (Å²) in [4.78, 5) is 37.6. The number of nitrogens with zero attached hydrogens (tertiary/aromatic N) is 1. The minimum Gasteiger partial charge on any atom is -0.490 e. The number of carbonyl (C=O) groups excluding carboxylic acids is 3. The highest BCUT2D eigenvalue weighted by Crippen LogP contribution is 2.39. The number of halogens is 1. The minimum absolute atomic E-state index is 0.217. The smallest absolute Gasteiger partial charge is 0.328 e. The number of hydrogen-bond acceptors (Lipinski definition) is 7. The van der Waals surface area contributed by atoms with E-state index >= 15 is 0 Å². The molecule has 1 aromatic carbocycles. The molecular formula is C18H20BrNO6S. The van der Waals surface area contributed by atoms with E-state index in [1.165, 1.54) is 14.0 Å². The number of rotatable bonds is 7. The van der Waals surface area contributed by atoms with Crippen molar-refractivity contribution in [2.75, 3.05) is 20.3 Å². The van der Waals surface area contributed by atoms with Crippen molar-refractivity contribution in [3.63, 3.8) is 0 Å². The molecule has 1 heterocycles. The van der Waals surface area contributed by atoms with E-state index in [1.54, 1.807) is 18.2 Å². The summed E-state index contributed by atoms with van der Waals surface area (Å²) in [7, 11) is 1.21. The fraction of sp³-hybridized carbons (Fsp3) is 0.389. The van der Waals surface area contributed by atoms with E-state index in [9.17, 15) is 14.4 Å². The van der Waals surface area contributed by atoms with Gasteiger partial charge in [0.15, 0.2) is 11.5 Å². The predicted octanol–water partition coefficient (Wildman–Crippen LogP) is 3.84. The lowest BCUT2D eigenvalue weighted by Crippen LogP contribution is -2.42. The largest absolute Gasteiger partial charge is 0.490 e. The molecule has 1 aliphatic heterocycles. The molecule has 2 rings (SSSR count). The SMILES string of the molecule is CCOc1cc(/C=C2\SC(=O)N([C@H](C)C(=O)OC)C2=O)cc(Br)c1OCC. The van der Waals surface area contributed by atoms with E-state index < -0.39 is 23.2 Å². The third-order valence-corrected chi connectivity index (χ3v) is 5.14. The van der Waals surface area contributed by atoms with E-state index in [0.717, 1.165) is 16.7 Å². The lowest BCUT2D eigenvalue weighted by molar-refractivity contribution is -0.148. The third-order valence-electron chi connectivity index (χ3n) is 3.67. The van der Waals surface area contributed by atoms with Gasteiger partial charge in [-0.05, 0) is 72.2 Å². The van der Waals surface area contributed by atoms with Gasteiger partial charge in [0.25, 0.3) is 11.1 Å². The minimum atomic E-state index is -0.987. The molecule has 1 fully saturated rings. The van der Waals surface area contributed by atoms with Gasteiger partial charge in [0, 0.05) is 0 Å². The molecule has 0 unspecified atom stereocenters. The first kappa shape index (κ1) is 21.3. The Bertz CT molecular complexity index is 794. The van der Waals surface area contributed by atoms with Gasteiger partial charge in [0.2, 0.25) is 0 Å². The zero-order valence-corrected chi connectivity index (χ0v) is 17.8. The molecule has 0 aliphatic carbocycles. The molecule has 1 aliphatic rings. The van der Waals surface area contributed by atoms with Crippen LogP contribution in [0.25, 0.3) is 6.08 Å². The van der Waals surface area contributed by atoms with Gasteiger partial charge in [-0.15, -0.1) is 0 Å². The van der Waals surface area contributed by atoms with Crippen molar-refractivity contribution in [3.8, 4) is 11.5 Å². The Morgan fingerprint density at radius 3 is 2.52 bits per heavy atom. The number of imide groups is 1. The van der Waals surface area contributed by atoms with Crippen molar-refractivity contribution in [2.24, 2.45) is 0 Å². The van der Waals surface area contributed by atoms with Gasteiger partial charge >= 0.3 is 5.97 Å². The Morgan fingerprint density at radius 2 is 1.93 bits per heavy atom. The van der Waals surface area contributed by atoms with Crippen LogP contribution >= 0.6 is 27.7 Å². The van der Waals surface area contributed by atoms with Gasteiger partial charge in [-0.2, -0.15) is 0 Å². The molecule has 0 spiro atoms. The summed E-state index contributed by atoms with van der Waals surface area (Å²) >= 11 is 4.22. The van der Waals surface area contributed by atoms with Gasteiger partial charge in [0.05, 0.1) is 29.7 Å². The van der Waals surface area contributed by atoms with Crippen LogP contribution < -0.4 is 9.47 Å². The summed E-state index contributed by atoms with van der Waals surface area (Å²) in [6, 6.07) is 2.52. The highest BCUT2D eigenvalue weighted by Gasteiger charge is 2.41. The molecule has 0 saturated carbocycles. The fourth-order valence-electron chi connectivity index (χ4n) is 2.46. The summed E-state index contributed by atoms with van der Waals surface area (Å²) < 4.78 is 16.5. The maximum atomic E-state index is 12.6. The maximum absolute atomic E-state index is 12.6. The summed E-state index contributed by atoms with van der Waals surface area (Å²) in [5.74, 6) is -0.0853. The Balaban J connectivity index is 2.37. The van der Waals surface area contributed by atoms with Crippen molar-refractivity contribution in [2.45, 2.75) is 26.8 Å². The molecule has 9 heteroatoms. The quantitative estimate of drug-likeness (QED) is 0.454. The molecule has 0 N–H and O–H groups in total. The van der Waals surface area contributed by atoms with Crippen molar-refractivity contribution >= 4 is 50.9 Å². The Kier molecular flexibility index (Phi) is 7.32. The number of esters is 1. The van der Waals surface area contributed by atoms with Crippen LogP contribution in [0.5, 0.6) is 11.5 Å². The fourth-order valence-corrected chi connectivity index (χ4v) is 3.94. The second kappa shape index (κ2) is 9.27. The van der Waals surface area contributed by atoms with E-state index in [1.807, 2.05) is 13.8 Å². The van der Waals surface area contributed by atoms with E-state index in [-0.39, 0.29) is 4.91 Å². The van der Waals surface area contributed by atoms with E-state index in [2.05, 4.69) is 20.7 Å². The van der Waals surface area contributed by atoms with E-state index in [0.29, 0.717) is 34.7 Å². The molecule has 0 bridgehead atoms. The summed E-state index contributed by atoms with van der Waals surface area (Å²) in [5.41, 5.74) is 0.657. The van der Waals surface area contributed by atoms with Gasteiger partial charge in [-0.3, -0.25) is 14.5 Å². The average molecular weight is 458 g/mol. The second-order valence-corrected chi connectivity index (χ2v) is 7.29. The van der Waals surface area contributed by atoms with Gasteiger partial charge in [-0.25, -0.2) is 4.79 Å². The number of hydrogen-bond donors (Lipinski definition) is 0. The van der Waals surface area contributed by atoms with Crippen molar-refractivity contribution in [3.05, 3.63) is 27.1 Å². The average Bonchev–Trinajstić information content (AvgIpc) is 2.90. The topological polar surface area (TPSA) is 82.1 Å². The summed E-state index contributed by atoms with van der Waals surface area (Å²) in [6.07, 6.45) is 1.58. The van der Waals surface area contributed by atoms with Crippen LogP contribution in [0.3, 0.4) is 0 Å². The second-order valence-electron chi connectivity index (χ2n) is 5.45. The van der Waals surface area contributed by atoms with Gasteiger partial charge < -0.3 is 14.2 Å². The highest BCUT2D eigenvalue weighted by molar-refractivity contribution is 9.10. The molecule has 2 amide bonds. The monoisotopic (exact) mass is 457 g/mol. The molecule has 1 saturated heterocycles. The molecule has 27 heavy (non-hydrogen) atoms. The van der Waals surface area contributed by atoms with Crippen molar-refractivity contribution in [1.82, 2.24) is 4.90 Å². The van der Waals surface area contributed by atoms with Crippen molar-refractivity contribution in [1.29, 1.82) is 0 Å². The number of thioether (sulfide) groups is 1. The zero-order valence-electron chi connectivity index (χ0n) is 15.4. The molecular weight excluding hydrogens is 438 g/mol. The first-order chi connectivity index (χ1) is 12.8. The number of amides is 2. The normalized spacial score (nSPS) is 16.6. The molecule has 146 valence electrons. The lowest BCUT2D eigenvalue weighted by atomic mass is 10.1. The Hall–Kier alpha value is -2.00. The van der Waals surface area contributed by atoms with Gasteiger partial charge in [-0.1, -0.05) is 0 Å². The molecule has 1 aromatic rings. The summed E-state index contributed by atoms with van der Waals surface area (Å²) in [5, 5.41) is -0.515. The highest BCUT2D eigenvalue weighted by atomic mass is 79.9. The first-order valence-electron chi connectivity index (χ1n) is 8.28. The number of benzene rings is 1. The van der Waals surface area contributed by atoms with Crippen LogP contribution in [0.4, 0.5) is 4.79 Å². The molecule has 7 nitrogen and oxygen atoms in total. The van der Waals surface area contributed by atoms with Crippen LogP contribution in [0.15, 0.2) is 21.5 Å². The molecule has 0 aromatic heterocycles. The van der Waals surface area contributed by atoms with Crippen molar-refractivity contribution < 1.29 is 28.6 Å². The van der Waals surface area contributed by atoms with Crippen LogP contribution in [0.1, 0.15) is 26.3 Å². The van der Waals surface area contributed by atoms with Crippen LogP contribution in [0.2, 0.25) is 0 Å². The standard InChI is InChI=1S/C18H20BrNO6S/c1-5-25-13-8-11(7-12(19)15(13)26-6-2)9-14-16(21)20(18(23)27-14)10(3)17(22)24-4/h7-10H,5-6H2,1-4H3/b14-9-/t10-/m1/s1.